The topological polar surface area (TPSA) is 176 Å². The van der Waals surface area contributed by atoms with E-state index in [-0.39, 0.29) is 43.1 Å². The van der Waals surface area contributed by atoms with Gasteiger partial charge in [-0.05, 0) is 37.8 Å². The molecule has 1 aliphatic rings. The highest BCUT2D eigenvalue weighted by Gasteiger charge is 2.53. The van der Waals surface area contributed by atoms with Crippen LogP contribution in [0, 0.1) is 11.8 Å². The van der Waals surface area contributed by atoms with Gasteiger partial charge >= 0.3 is 17.9 Å². The van der Waals surface area contributed by atoms with Crippen molar-refractivity contribution in [3.05, 3.63) is 61.2 Å². The summed E-state index contributed by atoms with van der Waals surface area (Å²) in [4.78, 5) is 66.0. The van der Waals surface area contributed by atoms with Crippen molar-refractivity contribution in [2.75, 3.05) is 26.8 Å². The summed E-state index contributed by atoms with van der Waals surface area (Å²) >= 11 is 0. The second kappa shape index (κ2) is 22.5. The van der Waals surface area contributed by atoms with Gasteiger partial charge in [-0.15, -0.1) is 13.2 Å². The zero-order chi connectivity index (χ0) is 36.2. The molecule has 272 valence electrons. The van der Waals surface area contributed by atoms with E-state index in [4.69, 9.17) is 23.7 Å². The number of ether oxygens (including phenoxy) is 5. The number of unbranched alkanes of at least 4 members (excludes halogenated alkanes) is 2. The number of allylic oxidation sites excluding steroid dienone is 2. The third kappa shape index (κ3) is 13.4. The predicted molar refractivity (Wildman–Crippen MR) is 180 cm³/mol. The van der Waals surface area contributed by atoms with Crippen LogP contribution >= 0.6 is 0 Å². The number of nitrogens with one attached hydrogen (secondary N) is 2. The van der Waals surface area contributed by atoms with Crippen LogP contribution in [-0.2, 0) is 42.9 Å². The molecule has 0 bridgehead atoms. The summed E-state index contributed by atoms with van der Waals surface area (Å²) in [5, 5.41) is 15.8. The fourth-order valence-electron chi connectivity index (χ4n) is 5.17. The van der Waals surface area contributed by atoms with Gasteiger partial charge in [0.1, 0.15) is 6.10 Å². The Labute approximate surface area is 288 Å². The monoisotopic (exact) mass is 688 g/mol. The highest BCUT2D eigenvalue weighted by molar-refractivity contribution is 5.89. The van der Waals surface area contributed by atoms with Crippen molar-refractivity contribution >= 4 is 29.7 Å². The molecule has 1 heterocycles. The molecule has 7 atom stereocenters. The summed E-state index contributed by atoms with van der Waals surface area (Å²) in [5.74, 6) is -5.19. The Morgan fingerprint density at radius 2 is 1.33 bits per heavy atom. The summed E-state index contributed by atoms with van der Waals surface area (Å²) in [6.07, 6.45) is -1.24. The van der Waals surface area contributed by atoms with Crippen LogP contribution in [0.1, 0.15) is 75.6 Å². The maximum Gasteiger partial charge on any atom is 0.338 e. The number of amides is 2. The van der Waals surface area contributed by atoms with Crippen LogP contribution in [0.15, 0.2) is 55.6 Å². The number of benzene rings is 1. The van der Waals surface area contributed by atoms with E-state index in [1.54, 1.807) is 18.2 Å². The molecule has 0 saturated carbocycles. The van der Waals surface area contributed by atoms with Gasteiger partial charge in [-0.25, -0.2) is 4.79 Å². The third-order valence-corrected chi connectivity index (χ3v) is 7.90. The standard InChI is InChI=1S/C36H52N2O11/c1-6-10-19-37-28(40)21-25(15-8-3)34(43)48-31-30(47-33(42)24-17-13-12-14-18-24)27(23-39)46-36(45-5)32(31)49-35(44)26(16-9-4)22-29(41)38-20-11-7-2/h8-9,12-14,17-18,25-27,30-32,36,39H,3-4,6-7,10-11,15-16,19-23H2,1-2,5H3,(H,37,40)(H,38,41)/t25-,26-,27+,30+,31-,32+,36-/m0/s1. The van der Waals surface area contributed by atoms with Gasteiger partial charge in [0.2, 0.25) is 11.8 Å². The molecule has 3 N–H and O–H groups in total. The molecule has 1 aromatic rings. The van der Waals surface area contributed by atoms with Crippen molar-refractivity contribution in [3.8, 4) is 0 Å². The molecule has 0 radical (unpaired) electrons. The van der Waals surface area contributed by atoms with Gasteiger partial charge in [0, 0.05) is 33.0 Å². The molecule has 1 aliphatic heterocycles. The molecule has 1 saturated heterocycles. The van der Waals surface area contributed by atoms with Crippen molar-refractivity contribution in [2.24, 2.45) is 11.8 Å². The van der Waals surface area contributed by atoms with Gasteiger partial charge in [-0.3, -0.25) is 19.2 Å². The minimum Gasteiger partial charge on any atom is -0.454 e. The molecular formula is C36H52N2O11. The van der Waals surface area contributed by atoms with Crippen molar-refractivity contribution in [1.29, 1.82) is 0 Å². The lowest BCUT2D eigenvalue weighted by atomic mass is 9.96. The molecule has 0 unspecified atom stereocenters. The lowest BCUT2D eigenvalue weighted by Gasteiger charge is -2.44. The van der Waals surface area contributed by atoms with Gasteiger partial charge in [-0.2, -0.15) is 0 Å². The maximum atomic E-state index is 13.8. The average Bonchev–Trinajstić information content (AvgIpc) is 3.09. The molecule has 1 aromatic carbocycles. The summed E-state index contributed by atoms with van der Waals surface area (Å²) in [6.45, 7) is 11.6. The second-order valence-electron chi connectivity index (χ2n) is 11.8. The summed E-state index contributed by atoms with van der Waals surface area (Å²) in [6, 6.07) is 7.99. The number of aliphatic hydroxyl groups excluding tert-OH is 1. The van der Waals surface area contributed by atoms with Crippen LogP contribution in [0.2, 0.25) is 0 Å². The summed E-state index contributed by atoms with van der Waals surface area (Å²) < 4.78 is 29.0. The Kier molecular flexibility index (Phi) is 18.9. The SMILES string of the molecule is C=CC[C@@H](CC(=O)NCCCC)C(=O)O[C@@H]1[C@@H](OC(=O)[C@@H](CC=C)CC(=O)NCCCC)[C@@H](OC)O[C@H](CO)[C@H]1OC(=O)c1ccccc1. The average molecular weight is 689 g/mol. The lowest BCUT2D eigenvalue weighted by Crippen LogP contribution is -2.63. The number of aliphatic hydroxyl groups is 1. The fourth-order valence-corrected chi connectivity index (χ4v) is 5.17. The van der Waals surface area contributed by atoms with Gasteiger partial charge in [0.25, 0.3) is 0 Å². The van der Waals surface area contributed by atoms with Crippen LogP contribution in [0.25, 0.3) is 0 Å². The van der Waals surface area contributed by atoms with Crippen LogP contribution in [-0.4, -0.2) is 92.3 Å². The van der Waals surface area contributed by atoms with E-state index in [1.165, 1.54) is 31.4 Å². The van der Waals surface area contributed by atoms with Crippen molar-refractivity contribution < 1.29 is 52.8 Å². The number of carbonyl (C=O) groups is 5. The molecular weight excluding hydrogens is 636 g/mol. The summed E-state index contributed by atoms with van der Waals surface area (Å²) in [7, 11) is 1.26. The number of rotatable bonds is 22. The first-order chi connectivity index (χ1) is 23.6. The van der Waals surface area contributed by atoms with Crippen molar-refractivity contribution in [2.45, 2.75) is 95.9 Å². The Morgan fingerprint density at radius 1 is 0.816 bits per heavy atom. The number of hydrogen-bond acceptors (Lipinski definition) is 11. The van der Waals surface area contributed by atoms with Crippen LogP contribution in [0.4, 0.5) is 0 Å². The third-order valence-electron chi connectivity index (χ3n) is 7.90. The minimum absolute atomic E-state index is 0.0772. The number of methoxy groups -OCH3 is 1. The Bertz CT molecular complexity index is 1220. The predicted octanol–water partition coefficient (Wildman–Crippen LogP) is 3.40. The largest absolute Gasteiger partial charge is 0.454 e. The molecule has 13 heteroatoms. The molecule has 1 fully saturated rings. The van der Waals surface area contributed by atoms with Crippen molar-refractivity contribution in [3.63, 3.8) is 0 Å². The molecule has 0 aromatic heterocycles. The smallest absolute Gasteiger partial charge is 0.338 e. The Hall–Kier alpha value is -4.07. The van der Waals surface area contributed by atoms with Crippen molar-refractivity contribution in [1.82, 2.24) is 10.6 Å². The molecule has 0 spiro atoms. The highest BCUT2D eigenvalue weighted by atomic mass is 16.7. The summed E-state index contributed by atoms with van der Waals surface area (Å²) in [5.41, 5.74) is 0.167. The Balaban J connectivity index is 2.48. The zero-order valence-electron chi connectivity index (χ0n) is 28.8. The van der Waals surface area contributed by atoms with E-state index in [9.17, 15) is 29.1 Å². The van der Waals surface area contributed by atoms with E-state index in [0.717, 1.165) is 25.7 Å². The molecule has 2 rings (SSSR count). The van der Waals surface area contributed by atoms with E-state index in [0.29, 0.717) is 13.1 Å². The number of carbonyl (C=O) groups excluding carboxylic acids is 5. The first kappa shape index (κ1) is 41.1. The molecule has 2 amide bonds. The highest BCUT2D eigenvalue weighted by Crippen LogP contribution is 2.32. The molecule has 49 heavy (non-hydrogen) atoms. The maximum absolute atomic E-state index is 13.8. The van der Waals surface area contributed by atoms with E-state index >= 15 is 0 Å². The normalized spacial score (nSPS) is 21.3. The van der Waals surface area contributed by atoms with Gasteiger partial charge in [0.05, 0.1) is 24.0 Å². The number of hydrogen-bond donors (Lipinski definition) is 3. The molecule has 0 aliphatic carbocycles. The van der Waals surface area contributed by atoms with Gasteiger partial charge < -0.3 is 39.4 Å². The van der Waals surface area contributed by atoms with E-state index in [2.05, 4.69) is 23.8 Å². The Morgan fingerprint density at radius 3 is 1.78 bits per heavy atom. The van der Waals surface area contributed by atoms with E-state index < -0.39 is 67.1 Å². The van der Waals surface area contributed by atoms with E-state index in [1.807, 2.05) is 13.8 Å². The van der Waals surface area contributed by atoms with Crippen LogP contribution in [0.5, 0.6) is 0 Å². The fraction of sp³-hybridized carbons (Fsp3) is 0.583. The van der Waals surface area contributed by atoms with Crippen LogP contribution < -0.4 is 10.6 Å². The van der Waals surface area contributed by atoms with Crippen LogP contribution in [0.3, 0.4) is 0 Å². The molecule has 13 nitrogen and oxygen atoms in total. The second-order valence-corrected chi connectivity index (χ2v) is 11.8. The van der Waals surface area contributed by atoms with Gasteiger partial charge in [-0.1, -0.05) is 57.0 Å². The zero-order valence-corrected chi connectivity index (χ0v) is 28.8. The lowest BCUT2D eigenvalue weighted by molar-refractivity contribution is -0.301. The first-order valence-electron chi connectivity index (χ1n) is 16.8. The number of esters is 3. The first-order valence-corrected chi connectivity index (χ1v) is 16.8. The van der Waals surface area contributed by atoms with Gasteiger partial charge in [0.15, 0.2) is 24.6 Å². The minimum atomic E-state index is -1.56. The quantitative estimate of drug-likeness (QED) is 0.0705.